The lowest BCUT2D eigenvalue weighted by Gasteiger charge is -2.36. The van der Waals surface area contributed by atoms with Gasteiger partial charge in [0.15, 0.2) is 0 Å². The first kappa shape index (κ1) is 16.3. The van der Waals surface area contributed by atoms with Gasteiger partial charge in [-0.3, -0.25) is 0 Å². The predicted molar refractivity (Wildman–Crippen MR) is 80.1 cm³/mol. The third kappa shape index (κ3) is 4.13. The number of aliphatic hydroxyl groups excluding tert-OH is 1. The maximum Gasteiger partial charge on any atom is 0.321 e. The molecule has 0 fully saturated rings. The summed E-state index contributed by atoms with van der Waals surface area (Å²) in [5, 5.41) is 12.3. The molecule has 0 aliphatic rings. The van der Waals surface area contributed by atoms with Gasteiger partial charge < -0.3 is 20.1 Å². The smallest absolute Gasteiger partial charge is 0.321 e. The highest BCUT2D eigenvalue weighted by molar-refractivity contribution is 5.89. The van der Waals surface area contributed by atoms with Crippen LogP contribution in [-0.4, -0.2) is 42.8 Å². The standard InChI is InChI=1S/C15H24N2O3/c1-15(2,3)13(10-18)17(4)14(19)16-11-7-6-8-12(9-11)20-5/h6-9,13,18H,10H2,1-5H3,(H,16,19)/t13-/m0/s1. The number of aliphatic hydroxyl groups is 1. The van der Waals surface area contributed by atoms with E-state index in [4.69, 9.17) is 4.74 Å². The van der Waals surface area contributed by atoms with Crippen LogP contribution < -0.4 is 10.1 Å². The van der Waals surface area contributed by atoms with Crippen LogP contribution in [0.2, 0.25) is 0 Å². The van der Waals surface area contributed by atoms with Gasteiger partial charge in [-0.05, 0) is 17.5 Å². The van der Waals surface area contributed by atoms with Crippen LogP contribution in [0, 0.1) is 5.41 Å². The van der Waals surface area contributed by atoms with Gasteiger partial charge in [0, 0.05) is 18.8 Å². The summed E-state index contributed by atoms with van der Waals surface area (Å²) in [5.41, 5.74) is 0.460. The number of nitrogens with zero attached hydrogens (tertiary/aromatic N) is 1. The lowest BCUT2D eigenvalue weighted by atomic mass is 9.86. The molecule has 0 saturated carbocycles. The Morgan fingerprint density at radius 3 is 2.60 bits per heavy atom. The molecule has 1 rings (SSSR count). The number of rotatable bonds is 4. The molecule has 0 heterocycles. The molecule has 1 aromatic rings. The van der Waals surface area contributed by atoms with E-state index in [2.05, 4.69) is 5.32 Å². The molecule has 5 heteroatoms. The van der Waals surface area contributed by atoms with E-state index in [1.54, 1.807) is 26.3 Å². The van der Waals surface area contributed by atoms with Crippen molar-refractivity contribution in [2.45, 2.75) is 26.8 Å². The average molecular weight is 280 g/mol. The fraction of sp³-hybridized carbons (Fsp3) is 0.533. The molecule has 20 heavy (non-hydrogen) atoms. The molecule has 0 aromatic heterocycles. The lowest BCUT2D eigenvalue weighted by molar-refractivity contribution is 0.0886. The van der Waals surface area contributed by atoms with Gasteiger partial charge in [0.1, 0.15) is 5.75 Å². The van der Waals surface area contributed by atoms with Gasteiger partial charge in [-0.25, -0.2) is 4.79 Å². The van der Waals surface area contributed by atoms with Crippen molar-refractivity contribution < 1.29 is 14.6 Å². The second kappa shape index (κ2) is 6.61. The molecular weight excluding hydrogens is 256 g/mol. The van der Waals surface area contributed by atoms with Crippen molar-refractivity contribution in [2.75, 3.05) is 26.1 Å². The van der Waals surface area contributed by atoms with E-state index in [1.165, 1.54) is 4.90 Å². The molecule has 0 aliphatic heterocycles. The van der Waals surface area contributed by atoms with Crippen LogP contribution in [-0.2, 0) is 0 Å². The van der Waals surface area contributed by atoms with Gasteiger partial charge in [0.2, 0.25) is 0 Å². The monoisotopic (exact) mass is 280 g/mol. The van der Waals surface area contributed by atoms with E-state index in [0.717, 1.165) is 0 Å². The zero-order valence-corrected chi connectivity index (χ0v) is 12.8. The van der Waals surface area contributed by atoms with Crippen molar-refractivity contribution in [3.8, 4) is 5.75 Å². The maximum absolute atomic E-state index is 12.2. The summed E-state index contributed by atoms with van der Waals surface area (Å²) in [6, 6.07) is 6.64. The van der Waals surface area contributed by atoms with E-state index in [9.17, 15) is 9.90 Å². The number of urea groups is 1. The Morgan fingerprint density at radius 2 is 2.10 bits per heavy atom. The number of hydrogen-bond donors (Lipinski definition) is 2. The van der Waals surface area contributed by atoms with Gasteiger partial charge in [-0.2, -0.15) is 0 Å². The van der Waals surface area contributed by atoms with Crippen molar-refractivity contribution in [3.63, 3.8) is 0 Å². The van der Waals surface area contributed by atoms with Crippen LogP contribution in [0.25, 0.3) is 0 Å². The molecule has 1 aromatic carbocycles. The minimum absolute atomic E-state index is 0.0778. The van der Waals surface area contributed by atoms with E-state index in [0.29, 0.717) is 11.4 Å². The maximum atomic E-state index is 12.2. The number of benzene rings is 1. The molecule has 0 bridgehead atoms. The molecule has 1 atom stereocenters. The lowest BCUT2D eigenvalue weighted by Crippen LogP contribution is -2.48. The molecule has 5 nitrogen and oxygen atoms in total. The second-order valence-corrected chi connectivity index (χ2v) is 5.84. The number of carbonyl (C=O) groups is 1. The van der Waals surface area contributed by atoms with Gasteiger partial charge >= 0.3 is 6.03 Å². The molecular formula is C15H24N2O3. The molecule has 0 spiro atoms. The Labute approximate surface area is 120 Å². The topological polar surface area (TPSA) is 61.8 Å². The highest BCUT2D eigenvalue weighted by Crippen LogP contribution is 2.24. The van der Waals surface area contributed by atoms with Crippen molar-refractivity contribution in [2.24, 2.45) is 5.41 Å². The Hall–Kier alpha value is -1.75. The summed E-state index contributed by atoms with van der Waals surface area (Å²) < 4.78 is 5.11. The average Bonchev–Trinajstić information content (AvgIpc) is 2.37. The fourth-order valence-corrected chi connectivity index (χ4v) is 2.03. The van der Waals surface area contributed by atoms with E-state index < -0.39 is 0 Å². The Balaban J connectivity index is 2.79. The first-order valence-electron chi connectivity index (χ1n) is 6.58. The third-order valence-corrected chi connectivity index (χ3v) is 3.28. The molecule has 0 radical (unpaired) electrons. The van der Waals surface area contributed by atoms with Crippen LogP contribution in [0.15, 0.2) is 24.3 Å². The van der Waals surface area contributed by atoms with Crippen molar-refractivity contribution in [1.29, 1.82) is 0 Å². The van der Waals surface area contributed by atoms with E-state index in [-0.39, 0.29) is 24.1 Å². The number of likely N-dealkylation sites (N-methyl/N-ethyl adjacent to an activating group) is 1. The van der Waals surface area contributed by atoms with Gasteiger partial charge in [0.25, 0.3) is 0 Å². The quantitative estimate of drug-likeness (QED) is 0.891. The third-order valence-electron chi connectivity index (χ3n) is 3.28. The van der Waals surface area contributed by atoms with Crippen molar-refractivity contribution >= 4 is 11.7 Å². The number of nitrogens with one attached hydrogen (secondary N) is 1. The van der Waals surface area contributed by atoms with Crippen LogP contribution in [0.3, 0.4) is 0 Å². The summed E-state index contributed by atoms with van der Waals surface area (Å²) >= 11 is 0. The first-order chi connectivity index (χ1) is 9.29. The van der Waals surface area contributed by atoms with Crippen LogP contribution in [0.1, 0.15) is 20.8 Å². The van der Waals surface area contributed by atoms with Gasteiger partial charge in [-0.1, -0.05) is 26.8 Å². The largest absolute Gasteiger partial charge is 0.497 e. The minimum Gasteiger partial charge on any atom is -0.497 e. The van der Waals surface area contributed by atoms with Gasteiger partial charge in [0.05, 0.1) is 19.8 Å². The zero-order valence-electron chi connectivity index (χ0n) is 12.8. The summed E-state index contributed by atoms with van der Waals surface area (Å²) in [4.78, 5) is 13.7. The summed E-state index contributed by atoms with van der Waals surface area (Å²) in [6.45, 7) is 5.89. The highest BCUT2D eigenvalue weighted by Gasteiger charge is 2.30. The Bertz CT molecular complexity index is 455. The Morgan fingerprint density at radius 1 is 1.45 bits per heavy atom. The summed E-state index contributed by atoms with van der Waals surface area (Å²) in [7, 11) is 3.26. The number of hydrogen-bond acceptors (Lipinski definition) is 3. The van der Waals surface area contributed by atoms with Crippen molar-refractivity contribution in [3.05, 3.63) is 24.3 Å². The normalized spacial score (nSPS) is 12.7. The van der Waals surface area contributed by atoms with Crippen LogP contribution >= 0.6 is 0 Å². The SMILES string of the molecule is COc1cccc(NC(=O)N(C)[C@@H](CO)C(C)(C)C)c1. The molecule has 2 amide bonds. The van der Waals surface area contributed by atoms with Crippen LogP contribution in [0.4, 0.5) is 10.5 Å². The zero-order chi connectivity index (χ0) is 15.3. The molecule has 2 N–H and O–H groups in total. The molecule has 112 valence electrons. The number of ether oxygens (including phenoxy) is 1. The van der Waals surface area contributed by atoms with Crippen molar-refractivity contribution in [1.82, 2.24) is 4.90 Å². The second-order valence-electron chi connectivity index (χ2n) is 5.84. The van der Waals surface area contributed by atoms with Crippen LogP contribution in [0.5, 0.6) is 5.75 Å². The molecule has 0 unspecified atom stereocenters. The Kier molecular flexibility index (Phi) is 5.39. The summed E-state index contributed by atoms with van der Waals surface area (Å²) in [5.74, 6) is 0.681. The number of anilines is 1. The number of methoxy groups -OCH3 is 1. The minimum atomic E-state index is -0.257. The summed E-state index contributed by atoms with van der Waals surface area (Å²) in [6.07, 6.45) is 0. The number of carbonyl (C=O) groups excluding carboxylic acids is 1. The molecule has 0 aliphatic carbocycles. The fourth-order valence-electron chi connectivity index (χ4n) is 2.03. The van der Waals surface area contributed by atoms with Gasteiger partial charge in [-0.15, -0.1) is 0 Å². The first-order valence-corrected chi connectivity index (χ1v) is 6.58. The number of amides is 2. The van der Waals surface area contributed by atoms with E-state index >= 15 is 0 Å². The molecule has 0 saturated heterocycles. The predicted octanol–water partition coefficient (Wildman–Crippen LogP) is 2.57. The highest BCUT2D eigenvalue weighted by atomic mass is 16.5. The van der Waals surface area contributed by atoms with E-state index in [1.807, 2.05) is 32.9 Å².